The van der Waals surface area contributed by atoms with E-state index in [0.717, 1.165) is 10.8 Å². The standard InChI is InChI=1S/C17H13ClNO.BrH/c18-17-10-14-8-4-5-9-15(14)11-19(17)12-16(20)13-6-2-1-3-7-13;/h1-11H,12H2;1H/q+1;/p-1. The Hall–Kier alpha value is -1.71. The van der Waals surface area contributed by atoms with Crippen LogP contribution in [-0.2, 0) is 6.54 Å². The zero-order chi connectivity index (χ0) is 13.9. The lowest BCUT2D eigenvalue weighted by Gasteiger charge is -2.02. The summed E-state index contributed by atoms with van der Waals surface area (Å²) in [5.41, 5.74) is 0.698. The summed E-state index contributed by atoms with van der Waals surface area (Å²) in [7, 11) is 0. The molecule has 3 aromatic rings. The molecule has 0 saturated carbocycles. The van der Waals surface area contributed by atoms with Crippen LogP contribution in [0.25, 0.3) is 10.8 Å². The number of hydrogen-bond acceptors (Lipinski definition) is 1. The Labute approximate surface area is 138 Å². The van der Waals surface area contributed by atoms with E-state index >= 15 is 0 Å². The lowest BCUT2D eigenvalue weighted by atomic mass is 10.1. The predicted octanol–water partition coefficient (Wildman–Crippen LogP) is 0.668. The highest BCUT2D eigenvalue weighted by atomic mass is 79.9. The smallest absolute Gasteiger partial charge is 0.275 e. The van der Waals surface area contributed by atoms with Crippen LogP contribution in [0.3, 0.4) is 0 Å². The number of carbonyl (C=O) groups excluding carboxylic acids is 1. The molecule has 1 heterocycles. The average Bonchev–Trinajstić information content (AvgIpc) is 2.49. The van der Waals surface area contributed by atoms with E-state index in [0.29, 0.717) is 10.7 Å². The first-order chi connectivity index (χ1) is 9.74. The Morgan fingerprint density at radius 2 is 1.57 bits per heavy atom. The topological polar surface area (TPSA) is 20.9 Å². The van der Waals surface area contributed by atoms with Gasteiger partial charge in [0.1, 0.15) is 0 Å². The number of carbonyl (C=O) groups is 1. The third kappa shape index (κ3) is 3.49. The third-order valence-electron chi connectivity index (χ3n) is 3.25. The maximum absolute atomic E-state index is 12.2. The van der Waals surface area contributed by atoms with Crippen LogP contribution < -0.4 is 21.5 Å². The van der Waals surface area contributed by atoms with Gasteiger partial charge in [0.15, 0.2) is 6.20 Å². The van der Waals surface area contributed by atoms with E-state index in [2.05, 4.69) is 0 Å². The number of Topliss-reactive ketones (excluding diaryl/α,β-unsaturated/α-hetero) is 1. The fourth-order valence-electron chi connectivity index (χ4n) is 2.19. The molecule has 0 N–H and O–H groups in total. The predicted molar refractivity (Wildman–Crippen MR) is 79.9 cm³/mol. The monoisotopic (exact) mass is 361 g/mol. The Kier molecular flexibility index (Phi) is 5.10. The zero-order valence-electron chi connectivity index (χ0n) is 11.2. The molecule has 3 rings (SSSR count). The quantitative estimate of drug-likeness (QED) is 0.381. The van der Waals surface area contributed by atoms with Crippen molar-refractivity contribution in [1.29, 1.82) is 0 Å². The number of pyridine rings is 1. The van der Waals surface area contributed by atoms with Crippen molar-refractivity contribution in [3.05, 3.63) is 77.6 Å². The molecule has 0 saturated heterocycles. The normalized spacial score (nSPS) is 10.1. The van der Waals surface area contributed by atoms with Crippen LogP contribution in [0, 0.1) is 0 Å². The second kappa shape index (κ2) is 6.83. The van der Waals surface area contributed by atoms with Crippen LogP contribution in [0.15, 0.2) is 66.9 Å². The average molecular weight is 363 g/mol. The maximum Gasteiger partial charge on any atom is 0.275 e. The van der Waals surface area contributed by atoms with Gasteiger partial charge in [0.25, 0.3) is 5.15 Å². The van der Waals surface area contributed by atoms with Crippen molar-refractivity contribution in [2.45, 2.75) is 6.54 Å². The van der Waals surface area contributed by atoms with Crippen molar-refractivity contribution in [2.75, 3.05) is 0 Å². The fourth-order valence-corrected chi connectivity index (χ4v) is 2.42. The Balaban J connectivity index is 0.00000161. The molecule has 0 unspecified atom stereocenters. The number of benzene rings is 2. The van der Waals surface area contributed by atoms with Gasteiger partial charge in [-0.1, -0.05) is 48.5 Å². The van der Waals surface area contributed by atoms with Crippen molar-refractivity contribution in [2.24, 2.45) is 0 Å². The summed E-state index contributed by atoms with van der Waals surface area (Å²) in [6.07, 6.45) is 1.92. The second-order valence-corrected chi connectivity index (χ2v) is 5.03. The second-order valence-electron chi connectivity index (χ2n) is 4.64. The lowest BCUT2D eigenvalue weighted by Crippen LogP contribution is -3.00. The van der Waals surface area contributed by atoms with Gasteiger partial charge in [-0.15, -0.1) is 0 Å². The first kappa shape index (κ1) is 15.7. The first-order valence-corrected chi connectivity index (χ1v) is 6.78. The number of fused-ring (bicyclic) bond motifs is 1. The van der Waals surface area contributed by atoms with E-state index < -0.39 is 0 Å². The maximum atomic E-state index is 12.2. The molecule has 1 aromatic heterocycles. The molecule has 0 spiro atoms. The molecule has 0 fully saturated rings. The number of hydrogen-bond donors (Lipinski definition) is 0. The SMILES string of the molecule is O=C(C[n+]1cc2ccccc2cc1Cl)c1ccccc1.[Br-]. The van der Waals surface area contributed by atoms with Gasteiger partial charge < -0.3 is 17.0 Å². The van der Waals surface area contributed by atoms with Crippen LogP contribution in [0.4, 0.5) is 0 Å². The van der Waals surface area contributed by atoms with Crippen molar-refractivity contribution < 1.29 is 26.3 Å². The zero-order valence-corrected chi connectivity index (χ0v) is 13.5. The number of ketones is 1. The molecule has 0 aliphatic carbocycles. The van der Waals surface area contributed by atoms with Gasteiger partial charge in [0.2, 0.25) is 12.3 Å². The van der Waals surface area contributed by atoms with Gasteiger partial charge in [0, 0.05) is 17.0 Å². The highest BCUT2D eigenvalue weighted by Crippen LogP contribution is 2.15. The molecular weight excluding hydrogens is 350 g/mol. The van der Waals surface area contributed by atoms with Gasteiger partial charge in [-0.3, -0.25) is 4.79 Å². The van der Waals surface area contributed by atoms with Crippen LogP contribution >= 0.6 is 11.6 Å². The summed E-state index contributed by atoms with van der Waals surface area (Å²) in [5.74, 6) is 0.0489. The summed E-state index contributed by atoms with van der Waals surface area (Å²) in [5, 5.41) is 2.70. The van der Waals surface area contributed by atoms with Crippen LogP contribution in [0.1, 0.15) is 10.4 Å². The van der Waals surface area contributed by atoms with Crippen molar-refractivity contribution in [3.8, 4) is 0 Å². The third-order valence-corrected chi connectivity index (χ3v) is 3.58. The van der Waals surface area contributed by atoms with Gasteiger partial charge in [-0.25, -0.2) is 0 Å². The molecule has 0 radical (unpaired) electrons. The number of halogens is 2. The van der Waals surface area contributed by atoms with Gasteiger partial charge in [0.05, 0.1) is 0 Å². The molecule has 106 valence electrons. The Bertz CT molecular complexity index is 774. The summed E-state index contributed by atoms with van der Waals surface area (Å²) >= 11 is 6.25. The summed E-state index contributed by atoms with van der Waals surface area (Å²) in [4.78, 5) is 12.2. The van der Waals surface area contributed by atoms with Crippen molar-refractivity contribution >= 4 is 28.2 Å². The molecule has 0 aliphatic heterocycles. The highest BCUT2D eigenvalue weighted by Gasteiger charge is 2.16. The minimum atomic E-state index is 0. The van der Waals surface area contributed by atoms with Crippen LogP contribution in [-0.4, -0.2) is 5.78 Å². The molecule has 0 atom stereocenters. The molecule has 2 nitrogen and oxygen atoms in total. The molecule has 2 aromatic carbocycles. The molecule has 0 aliphatic rings. The van der Waals surface area contributed by atoms with Gasteiger partial charge in [-0.2, -0.15) is 4.57 Å². The lowest BCUT2D eigenvalue weighted by molar-refractivity contribution is -0.679. The summed E-state index contributed by atoms with van der Waals surface area (Å²) in [6.45, 7) is 0.244. The molecule has 0 amide bonds. The molecule has 0 bridgehead atoms. The number of aromatic nitrogens is 1. The number of rotatable bonds is 3. The van der Waals surface area contributed by atoms with E-state index in [-0.39, 0.29) is 29.3 Å². The molecule has 4 heteroatoms. The van der Waals surface area contributed by atoms with E-state index in [1.165, 1.54) is 0 Å². The van der Waals surface area contributed by atoms with Crippen LogP contribution in [0.2, 0.25) is 5.15 Å². The van der Waals surface area contributed by atoms with E-state index in [1.807, 2.05) is 66.9 Å². The molecular formula is C17H13BrClNO. The Morgan fingerprint density at radius 3 is 2.29 bits per heavy atom. The number of nitrogens with zero attached hydrogens (tertiary/aromatic N) is 1. The Morgan fingerprint density at radius 1 is 0.952 bits per heavy atom. The van der Waals surface area contributed by atoms with Gasteiger partial charge >= 0.3 is 0 Å². The minimum absolute atomic E-state index is 0. The fraction of sp³-hybridized carbons (Fsp3) is 0.0588. The van der Waals surface area contributed by atoms with E-state index in [1.54, 1.807) is 4.57 Å². The van der Waals surface area contributed by atoms with Crippen molar-refractivity contribution in [1.82, 2.24) is 0 Å². The largest absolute Gasteiger partial charge is 1.00 e. The first-order valence-electron chi connectivity index (χ1n) is 6.40. The van der Waals surface area contributed by atoms with E-state index in [9.17, 15) is 4.79 Å². The van der Waals surface area contributed by atoms with Crippen molar-refractivity contribution in [3.63, 3.8) is 0 Å². The minimum Gasteiger partial charge on any atom is -1.00 e. The summed E-state index contributed by atoms with van der Waals surface area (Å²) < 4.78 is 1.78. The highest BCUT2D eigenvalue weighted by molar-refractivity contribution is 6.29. The van der Waals surface area contributed by atoms with E-state index in [4.69, 9.17) is 11.6 Å². The van der Waals surface area contributed by atoms with Gasteiger partial charge in [-0.05, 0) is 23.1 Å². The summed E-state index contributed by atoms with van der Waals surface area (Å²) in [6, 6.07) is 19.1. The molecule has 21 heavy (non-hydrogen) atoms. The van der Waals surface area contributed by atoms with Crippen LogP contribution in [0.5, 0.6) is 0 Å².